The summed E-state index contributed by atoms with van der Waals surface area (Å²) in [5.74, 6) is -0.551. The highest BCUT2D eigenvalue weighted by atomic mass is 31.2. The maximum absolute atomic E-state index is 11.7. The summed E-state index contributed by atoms with van der Waals surface area (Å²) in [6.45, 7) is 0. The number of hydrogen-bond donors (Lipinski definition) is 4. The summed E-state index contributed by atoms with van der Waals surface area (Å²) in [5, 5.41) is 25.3. The standard InChI is InChI=1S/C21H20N5O7P/c1-32-19-11-18(20(33-2)10-16(19)22)26-24-13-6-7-17(15(9-13)21(27)28)25-23-12-4-3-5-14(8-12)34(29,30)31/h3-11H,22H2,1-2H3,(H,27,28)(H2,29,30,31)/b25-23+,26-24+. The van der Waals surface area contributed by atoms with Gasteiger partial charge in [-0.1, -0.05) is 6.07 Å². The Labute approximate surface area is 193 Å². The molecule has 3 rings (SSSR count). The number of carboxylic acids is 1. The van der Waals surface area contributed by atoms with Crippen LogP contribution in [0.2, 0.25) is 0 Å². The average Bonchev–Trinajstić information content (AvgIpc) is 2.81. The number of hydrogen-bond acceptors (Lipinski definition) is 9. The Bertz CT molecular complexity index is 1340. The summed E-state index contributed by atoms with van der Waals surface area (Å²) in [7, 11) is -1.57. The number of benzene rings is 3. The van der Waals surface area contributed by atoms with Crippen LogP contribution in [0.4, 0.5) is 28.4 Å². The first-order chi connectivity index (χ1) is 16.1. The summed E-state index contributed by atoms with van der Waals surface area (Å²) in [6.07, 6.45) is 0. The Kier molecular flexibility index (Phi) is 7.37. The van der Waals surface area contributed by atoms with Crippen LogP contribution in [0.3, 0.4) is 0 Å². The SMILES string of the molecule is COc1cc(/N=N/c2ccc(/N=N/c3cccc(P(=O)(O)O)c3)c(C(=O)O)c2)c(OC)cc1N. The first-order valence-corrected chi connectivity index (χ1v) is 11.1. The van der Waals surface area contributed by atoms with E-state index in [1.54, 1.807) is 0 Å². The molecule has 0 bridgehead atoms. The van der Waals surface area contributed by atoms with Crippen molar-refractivity contribution in [2.24, 2.45) is 20.5 Å². The van der Waals surface area contributed by atoms with E-state index in [4.69, 9.17) is 15.2 Å². The van der Waals surface area contributed by atoms with Gasteiger partial charge in [0, 0.05) is 12.1 Å². The summed E-state index contributed by atoms with van der Waals surface area (Å²) < 4.78 is 21.8. The molecule has 0 aromatic heterocycles. The van der Waals surface area contributed by atoms with Gasteiger partial charge in [0.2, 0.25) is 0 Å². The molecule has 3 aromatic rings. The molecule has 12 nitrogen and oxygen atoms in total. The van der Waals surface area contributed by atoms with Gasteiger partial charge in [-0.05, 0) is 36.4 Å². The molecule has 34 heavy (non-hydrogen) atoms. The van der Waals surface area contributed by atoms with Crippen LogP contribution in [0, 0.1) is 0 Å². The van der Waals surface area contributed by atoms with Gasteiger partial charge in [-0.15, -0.1) is 10.2 Å². The van der Waals surface area contributed by atoms with Gasteiger partial charge in [0.25, 0.3) is 0 Å². The third-order valence-corrected chi connectivity index (χ3v) is 5.41. The molecular formula is C21H20N5O7P. The monoisotopic (exact) mass is 485 g/mol. The van der Waals surface area contributed by atoms with Crippen LogP contribution < -0.4 is 20.5 Å². The smallest absolute Gasteiger partial charge is 0.356 e. The number of aromatic carboxylic acids is 1. The van der Waals surface area contributed by atoms with Gasteiger partial charge in [0.1, 0.15) is 22.9 Å². The van der Waals surface area contributed by atoms with E-state index in [0.717, 1.165) is 0 Å². The predicted molar refractivity (Wildman–Crippen MR) is 124 cm³/mol. The summed E-state index contributed by atoms with van der Waals surface area (Å²) in [4.78, 5) is 30.3. The maximum Gasteiger partial charge on any atom is 0.356 e. The molecule has 5 N–H and O–H groups in total. The van der Waals surface area contributed by atoms with Crippen LogP contribution in [0.1, 0.15) is 10.4 Å². The van der Waals surface area contributed by atoms with Crippen molar-refractivity contribution < 1.29 is 33.7 Å². The molecule has 0 radical (unpaired) electrons. The highest BCUT2D eigenvalue weighted by molar-refractivity contribution is 7.60. The van der Waals surface area contributed by atoms with Crippen molar-refractivity contribution in [2.45, 2.75) is 0 Å². The molecule has 0 heterocycles. The number of azo groups is 2. The molecule has 0 atom stereocenters. The number of methoxy groups -OCH3 is 2. The van der Waals surface area contributed by atoms with E-state index < -0.39 is 13.6 Å². The molecule has 0 saturated carbocycles. The molecule has 0 saturated heterocycles. The summed E-state index contributed by atoms with van der Waals surface area (Å²) in [5.41, 5.74) is 6.70. The molecule has 0 amide bonds. The largest absolute Gasteiger partial charge is 0.495 e. The van der Waals surface area contributed by atoms with E-state index in [0.29, 0.717) is 22.9 Å². The van der Waals surface area contributed by atoms with Crippen LogP contribution in [0.5, 0.6) is 11.5 Å². The second-order valence-corrected chi connectivity index (χ2v) is 8.34. The maximum atomic E-state index is 11.7. The van der Waals surface area contributed by atoms with Crippen molar-refractivity contribution in [1.29, 1.82) is 0 Å². The van der Waals surface area contributed by atoms with Gasteiger partial charge >= 0.3 is 13.6 Å². The Morgan fingerprint density at radius 1 is 0.853 bits per heavy atom. The number of ether oxygens (including phenoxy) is 2. The highest BCUT2D eigenvalue weighted by Crippen LogP contribution is 2.38. The van der Waals surface area contributed by atoms with E-state index in [2.05, 4.69) is 20.5 Å². The molecule has 0 aliphatic heterocycles. The Balaban J connectivity index is 1.92. The third-order valence-electron chi connectivity index (χ3n) is 4.45. The van der Waals surface area contributed by atoms with Crippen molar-refractivity contribution in [3.8, 4) is 11.5 Å². The topological polar surface area (TPSA) is 189 Å². The van der Waals surface area contributed by atoms with Gasteiger partial charge in [-0.2, -0.15) is 10.2 Å². The lowest BCUT2D eigenvalue weighted by atomic mass is 10.1. The minimum atomic E-state index is -4.46. The van der Waals surface area contributed by atoms with E-state index in [-0.39, 0.29) is 27.9 Å². The normalized spacial score (nSPS) is 11.8. The van der Waals surface area contributed by atoms with Crippen LogP contribution in [0.15, 0.2) is 75.1 Å². The number of nitrogens with zero attached hydrogens (tertiary/aromatic N) is 4. The third kappa shape index (κ3) is 5.81. The van der Waals surface area contributed by atoms with E-state index in [1.807, 2.05) is 0 Å². The first-order valence-electron chi connectivity index (χ1n) is 9.51. The van der Waals surface area contributed by atoms with Crippen molar-refractivity contribution in [3.63, 3.8) is 0 Å². The predicted octanol–water partition coefficient (Wildman–Crippen LogP) is 4.62. The Morgan fingerprint density at radius 2 is 1.50 bits per heavy atom. The second kappa shape index (κ2) is 10.2. The molecule has 0 aliphatic carbocycles. The fraction of sp³-hybridized carbons (Fsp3) is 0.0952. The molecule has 176 valence electrons. The van der Waals surface area contributed by atoms with Crippen LogP contribution in [-0.2, 0) is 4.57 Å². The van der Waals surface area contributed by atoms with Gasteiger partial charge in [0.05, 0.1) is 42.1 Å². The van der Waals surface area contributed by atoms with Gasteiger partial charge in [-0.25, -0.2) is 4.79 Å². The quantitative estimate of drug-likeness (QED) is 0.202. The fourth-order valence-corrected chi connectivity index (χ4v) is 3.37. The first kappa shape index (κ1) is 24.5. The summed E-state index contributed by atoms with van der Waals surface area (Å²) in [6, 6.07) is 12.5. The molecule has 0 unspecified atom stereocenters. The van der Waals surface area contributed by atoms with Crippen molar-refractivity contribution >= 4 is 47.3 Å². The number of carbonyl (C=O) groups is 1. The molecule has 13 heteroatoms. The van der Waals surface area contributed by atoms with Crippen LogP contribution in [-0.4, -0.2) is 35.1 Å². The molecule has 0 fully saturated rings. The fourth-order valence-electron chi connectivity index (χ4n) is 2.79. The zero-order valence-electron chi connectivity index (χ0n) is 18.0. The Hall–Kier alpha value is -4.12. The highest BCUT2D eigenvalue weighted by Gasteiger charge is 2.17. The lowest BCUT2D eigenvalue weighted by Crippen LogP contribution is -2.01. The number of nitrogens with two attached hydrogens (primary N) is 1. The van der Waals surface area contributed by atoms with E-state index in [9.17, 15) is 24.3 Å². The lowest BCUT2D eigenvalue weighted by Gasteiger charge is -2.09. The van der Waals surface area contributed by atoms with Crippen molar-refractivity contribution in [2.75, 3.05) is 20.0 Å². The van der Waals surface area contributed by atoms with Crippen molar-refractivity contribution in [1.82, 2.24) is 0 Å². The molecule has 0 spiro atoms. The van der Waals surface area contributed by atoms with Gasteiger partial charge < -0.3 is 30.1 Å². The Morgan fingerprint density at radius 3 is 2.12 bits per heavy atom. The lowest BCUT2D eigenvalue weighted by molar-refractivity contribution is 0.0697. The molecule has 3 aromatic carbocycles. The number of anilines is 1. The number of rotatable bonds is 8. The second-order valence-electron chi connectivity index (χ2n) is 6.74. The average molecular weight is 485 g/mol. The summed E-state index contributed by atoms with van der Waals surface area (Å²) >= 11 is 0. The minimum absolute atomic E-state index is 0.0137. The number of nitrogen functional groups attached to an aromatic ring is 1. The zero-order valence-corrected chi connectivity index (χ0v) is 18.9. The van der Waals surface area contributed by atoms with Crippen LogP contribution in [0.25, 0.3) is 0 Å². The van der Waals surface area contributed by atoms with Crippen LogP contribution >= 0.6 is 7.60 Å². The minimum Gasteiger partial charge on any atom is -0.495 e. The van der Waals surface area contributed by atoms with Crippen molar-refractivity contribution in [3.05, 3.63) is 60.2 Å². The molecule has 0 aliphatic rings. The van der Waals surface area contributed by atoms with Gasteiger partial charge in [-0.3, -0.25) is 4.57 Å². The zero-order chi connectivity index (χ0) is 24.9. The molecular weight excluding hydrogens is 465 g/mol. The van der Waals surface area contributed by atoms with E-state index >= 15 is 0 Å². The van der Waals surface area contributed by atoms with Gasteiger partial charge in [0.15, 0.2) is 0 Å². The van der Waals surface area contributed by atoms with E-state index in [1.165, 1.54) is 68.8 Å². The number of carboxylic acid groups (broad SMARTS) is 1.